The molecule has 0 saturated carbocycles. The van der Waals surface area contributed by atoms with Crippen molar-refractivity contribution < 1.29 is 9.53 Å². The van der Waals surface area contributed by atoms with Gasteiger partial charge in [-0.15, -0.1) is 0 Å². The second-order valence-corrected chi connectivity index (χ2v) is 6.86. The molecule has 0 radical (unpaired) electrons. The molecule has 26 heavy (non-hydrogen) atoms. The van der Waals surface area contributed by atoms with Gasteiger partial charge >= 0.3 is 0 Å². The van der Waals surface area contributed by atoms with E-state index >= 15 is 0 Å². The van der Waals surface area contributed by atoms with Crippen LogP contribution in [0, 0.1) is 11.8 Å². The molecular weight excluding hydrogens is 330 g/mol. The van der Waals surface area contributed by atoms with Crippen molar-refractivity contribution >= 4 is 22.8 Å². The summed E-state index contributed by atoms with van der Waals surface area (Å²) in [5.74, 6) is 0.889. The number of aromatic nitrogens is 4. The van der Waals surface area contributed by atoms with Gasteiger partial charge in [0, 0.05) is 31.7 Å². The Morgan fingerprint density at radius 1 is 1.31 bits per heavy atom. The number of hydrogen-bond donors (Lipinski definition) is 2. The monoisotopic (exact) mass is 353 g/mol. The molecule has 1 aliphatic rings. The first-order valence-corrected chi connectivity index (χ1v) is 9.00. The van der Waals surface area contributed by atoms with Crippen molar-refractivity contribution in [3.05, 3.63) is 30.3 Å². The zero-order valence-corrected chi connectivity index (χ0v) is 15.0. The number of carbonyl (C=O) groups excluding carboxylic acids is 1. The molecule has 0 bridgehead atoms. The quantitative estimate of drug-likeness (QED) is 0.755. The van der Waals surface area contributed by atoms with Crippen LogP contribution < -0.4 is 5.32 Å². The van der Waals surface area contributed by atoms with Crippen LogP contribution >= 0.6 is 0 Å². The summed E-state index contributed by atoms with van der Waals surface area (Å²) in [5.41, 5.74) is 2.52. The Morgan fingerprint density at radius 3 is 2.77 bits per heavy atom. The number of aromatic amines is 1. The highest BCUT2D eigenvalue weighted by molar-refractivity contribution is 6.05. The van der Waals surface area contributed by atoms with Crippen LogP contribution in [0.5, 0.6) is 0 Å². The van der Waals surface area contributed by atoms with E-state index in [1.54, 1.807) is 4.68 Å². The number of amides is 1. The van der Waals surface area contributed by atoms with Crippen LogP contribution in [0.25, 0.3) is 22.3 Å². The Balaban J connectivity index is 1.63. The molecule has 7 nitrogen and oxygen atoms in total. The van der Waals surface area contributed by atoms with Crippen LogP contribution in [0.4, 0.5) is 5.82 Å². The first kappa shape index (κ1) is 16.8. The Kier molecular flexibility index (Phi) is 4.46. The van der Waals surface area contributed by atoms with Crippen molar-refractivity contribution in [2.24, 2.45) is 18.9 Å². The number of nitrogens with zero attached hydrogens (tertiary/aromatic N) is 3. The maximum Gasteiger partial charge on any atom is 0.228 e. The third-order valence-electron chi connectivity index (χ3n) is 5.22. The summed E-state index contributed by atoms with van der Waals surface area (Å²) in [5, 5.41) is 15.8. The third kappa shape index (κ3) is 2.99. The highest BCUT2D eigenvalue weighted by atomic mass is 16.5. The van der Waals surface area contributed by atoms with Gasteiger partial charge in [-0.3, -0.25) is 9.89 Å². The predicted octanol–water partition coefficient (Wildman–Crippen LogP) is 2.96. The summed E-state index contributed by atoms with van der Waals surface area (Å²) in [6.07, 6.45) is 1.85. The molecule has 1 saturated heterocycles. The Hall–Kier alpha value is -2.67. The smallest absolute Gasteiger partial charge is 0.228 e. The SMILES string of the molecule is CC(C(=O)Nc1[nH]nc2c1c(-c1ccccc1)nn2C)C1CCOCC1. The minimum absolute atomic E-state index is 0.00492. The second-order valence-electron chi connectivity index (χ2n) is 6.86. The fourth-order valence-corrected chi connectivity index (χ4v) is 3.59. The van der Waals surface area contributed by atoms with E-state index in [1.807, 2.05) is 44.3 Å². The Labute approximate surface area is 151 Å². The third-order valence-corrected chi connectivity index (χ3v) is 5.22. The molecule has 1 fully saturated rings. The van der Waals surface area contributed by atoms with E-state index in [-0.39, 0.29) is 11.8 Å². The van der Waals surface area contributed by atoms with Gasteiger partial charge in [0.15, 0.2) is 5.65 Å². The lowest BCUT2D eigenvalue weighted by atomic mass is 9.87. The minimum Gasteiger partial charge on any atom is -0.381 e. The molecule has 4 rings (SSSR count). The summed E-state index contributed by atoms with van der Waals surface area (Å²) >= 11 is 0. The van der Waals surface area contributed by atoms with Crippen molar-refractivity contribution in [2.75, 3.05) is 18.5 Å². The number of hydrogen-bond acceptors (Lipinski definition) is 4. The number of fused-ring (bicyclic) bond motifs is 1. The minimum atomic E-state index is -0.0749. The molecule has 1 atom stereocenters. The van der Waals surface area contributed by atoms with Crippen molar-refractivity contribution in [3.63, 3.8) is 0 Å². The molecule has 2 N–H and O–H groups in total. The molecule has 0 aliphatic carbocycles. The topological polar surface area (TPSA) is 84.8 Å². The standard InChI is InChI=1S/C19H23N5O2/c1-12(13-8-10-26-11-9-13)19(25)20-17-15-16(14-6-4-3-5-7-14)23-24(2)18(15)22-21-17/h3-7,12-13H,8-11H2,1-2H3,(H2,20,21,22,25). The van der Waals surface area contributed by atoms with Gasteiger partial charge in [-0.1, -0.05) is 37.3 Å². The Bertz CT molecular complexity index is 909. The maximum absolute atomic E-state index is 12.8. The number of benzene rings is 1. The summed E-state index contributed by atoms with van der Waals surface area (Å²) in [7, 11) is 1.85. The van der Waals surface area contributed by atoms with E-state index in [1.165, 1.54) is 0 Å². The summed E-state index contributed by atoms with van der Waals surface area (Å²) in [6.45, 7) is 3.45. The van der Waals surface area contributed by atoms with E-state index in [0.29, 0.717) is 11.7 Å². The van der Waals surface area contributed by atoms with Gasteiger partial charge in [-0.2, -0.15) is 10.2 Å². The van der Waals surface area contributed by atoms with Crippen LogP contribution in [0.3, 0.4) is 0 Å². The van der Waals surface area contributed by atoms with Gasteiger partial charge in [0.25, 0.3) is 0 Å². The summed E-state index contributed by atoms with van der Waals surface area (Å²) in [4.78, 5) is 12.8. The van der Waals surface area contributed by atoms with Crippen LogP contribution in [0.2, 0.25) is 0 Å². The van der Waals surface area contributed by atoms with Crippen LogP contribution in [0.15, 0.2) is 30.3 Å². The number of ether oxygens (including phenoxy) is 1. The average molecular weight is 353 g/mol. The van der Waals surface area contributed by atoms with E-state index in [4.69, 9.17) is 4.74 Å². The second kappa shape index (κ2) is 6.92. The highest BCUT2D eigenvalue weighted by Gasteiger charge is 2.27. The summed E-state index contributed by atoms with van der Waals surface area (Å²) < 4.78 is 7.13. The van der Waals surface area contributed by atoms with Crippen molar-refractivity contribution in [2.45, 2.75) is 19.8 Å². The number of anilines is 1. The number of H-pyrrole nitrogens is 1. The predicted molar refractivity (Wildman–Crippen MR) is 99.6 cm³/mol. The number of aryl methyl sites for hydroxylation is 1. The first-order chi connectivity index (χ1) is 12.6. The Morgan fingerprint density at radius 2 is 2.04 bits per heavy atom. The first-order valence-electron chi connectivity index (χ1n) is 9.00. The number of rotatable bonds is 4. The lowest BCUT2D eigenvalue weighted by Crippen LogP contribution is -2.31. The number of carbonyl (C=O) groups is 1. The molecule has 2 aromatic heterocycles. The zero-order chi connectivity index (χ0) is 18.1. The molecule has 1 amide bonds. The van der Waals surface area contributed by atoms with Gasteiger partial charge in [-0.25, -0.2) is 4.68 Å². The molecule has 3 aromatic rings. The van der Waals surface area contributed by atoms with Crippen LogP contribution in [-0.4, -0.2) is 39.1 Å². The van der Waals surface area contributed by atoms with E-state index in [2.05, 4.69) is 20.6 Å². The van der Waals surface area contributed by atoms with Crippen LogP contribution in [0.1, 0.15) is 19.8 Å². The lowest BCUT2D eigenvalue weighted by Gasteiger charge is -2.26. The van der Waals surface area contributed by atoms with Gasteiger partial charge in [0.05, 0.1) is 5.39 Å². The van der Waals surface area contributed by atoms with Crippen molar-refractivity contribution in [1.82, 2.24) is 20.0 Å². The fourth-order valence-electron chi connectivity index (χ4n) is 3.59. The molecule has 1 unspecified atom stereocenters. The molecule has 1 aliphatic heterocycles. The molecule has 7 heteroatoms. The van der Waals surface area contributed by atoms with Gasteiger partial charge in [0.2, 0.25) is 5.91 Å². The number of nitrogens with one attached hydrogen (secondary N) is 2. The molecule has 1 aromatic carbocycles. The van der Waals surface area contributed by atoms with E-state index in [0.717, 1.165) is 48.3 Å². The van der Waals surface area contributed by atoms with Gasteiger partial charge < -0.3 is 10.1 Å². The maximum atomic E-state index is 12.8. The van der Waals surface area contributed by atoms with E-state index < -0.39 is 0 Å². The average Bonchev–Trinajstić information content (AvgIpc) is 3.24. The molecule has 3 heterocycles. The summed E-state index contributed by atoms with van der Waals surface area (Å²) in [6, 6.07) is 9.93. The zero-order valence-electron chi connectivity index (χ0n) is 15.0. The van der Waals surface area contributed by atoms with Crippen LogP contribution in [-0.2, 0) is 16.6 Å². The van der Waals surface area contributed by atoms with Crippen molar-refractivity contribution in [1.29, 1.82) is 0 Å². The normalized spacial score (nSPS) is 16.7. The van der Waals surface area contributed by atoms with Gasteiger partial charge in [-0.05, 0) is 18.8 Å². The van der Waals surface area contributed by atoms with Gasteiger partial charge in [0.1, 0.15) is 11.5 Å². The van der Waals surface area contributed by atoms with Crippen molar-refractivity contribution in [3.8, 4) is 11.3 Å². The molecule has 0 spiro atoms. The van der Waals surface area contributed by atoms with E-state index in [9.17, 15) is 4.79 Å². The highest BCUT2D eigenvalue weighted by Crippen LogP contribution is 2.32. The molecular formula is C19H23N5O2. The fraction of sp³-hybridized carbons (Fsp3) is 0.421. The largest absolute Gasteiger partial charge is 0.381 e. The lowest BCUT2D eigenvalue weighted by molar-refractivity contribution is -0.122. The molecule has 136 valence electrons.